The number of nitrogens with one attached hydrogen (secondary N) is 3. The number of rotatable bonds is 21. The molecule has 1 aromatic heterocycles. The van der Waals surface area contributed by atoms with E-state index in [9.17, 15) is 14.4 Å². The van der Waals surface area contributed by atoms with E-state index in [0.29, 0.717) is 18.2 Å². The first-order chi connectivity index (χ1) is 35.8. The van der Waals surface area contributed by atoms with Crippen molar-refractivity contribution in [3.8, 4) is 34.5 Å². The highest BCUT2D eigenvalue weighted by molar-refractivity contribution is 5.89. The molecule has 0 saturated carbocycles. The molecule has 0 saturated heterocycles. The molecule has 7 rings (SSSR count). The van der Waals surface area contributed by atoms with Crippen LogP contribution in [0.4, 0.5) is 0 Å². The van der Waals surface area contributed by atoms with Crippen molar-refractivity contribution >= 4 is 36.0 Å². The number of carbonyl (C=O) groups excluding carboxylic acids is 2. The molecule has 74 heavy (non-hydrogen) atoms. The number of aryl methyl sites for hydroxylation is 3. The second-order valence-corrected chi connectivity index (χ2v) is 18.3. The van der Waals surface area contributed by atoms with E-state index in [1.54, 1.807) is 60.9 Å². The average Bonchev–Trinajstić information content (AvgIpc) is 4.02. The number of allylic oxidation sites excluding steroid dienone is 6. The van der Waals surface area contributed by atoms with Crippen molar-refractivity contribution in [2.45, 2.75) is 97.8 Å². The highest BCUT2D eigenvalue weighted by Gasteiger charge is 2.17. The van der Waals surface area contributed by atoms with Gasteiger partial charge in [0.05, 0.1) is 42.7 Å². The van der Waals surface area contributed by atoms with Crippen LogP contribution in [0.2, 0.25) is 0 Å². The fourth-order valence-electron chi connectivity index (χ4n) is 8.27. The zero-order chi connectivity index (χ0) is 53.7. The SMILES string of the molecule is CCCCCCCCNC(=O)C=CC1=Cc2cc(OC)c(OC)cc2CC1.COc1cc2c(cc1OC)CCC(C=CC(=O)NCC(C)C)=C2.COc1cc2c(cc1OC)CCC(C=CC(=O)O)=C2.c1cc[nH]c1. The number of hydrogen-bond acceptors (Lipinski definition) is 9. The van der Waals surface area contributed by atoms with Gasteiger partial charge in [-0.25, -0.2) is 4.79 Å². The van der Waals surface area contributed by atoms with Gasteiger partial charge in [0.1, 0.15) is 0 Å². The Balaban J connectivity index is 0.000000231. The quantitative estimate of drug-likeness (QED) is 0.0466. The minimum Gasteiger partial charge on any atom is -0.493 e. The van der Waals surface area contributed by atoms with Gasteiger partial charge in [-0.3, -0.25) is 9.59 Å². The molecule has 0 atom stereocenters. The Morgan fingerprint density at radius 1 is 0.527 bits per heavy atom. The Morgan fingerprint density at radius 2 is 0.892 bits per heavy atom. The van der Waals surface area contributed by atoms with Crippen molar-refractivity contribution in [2.24, 2.45) is 5.92 Å². The van der Waals surface area contributed by atoms with Crippen LogP contribution in [0, 0.1) is 5.92 Å². The van der Waals surface area contributed by atoms with Crippen LogP contribution in [0.1, 0.15) is 112 Å². The van der Waals surface area contributed by atoms with Crippen LogP contribution in [0.5, 0.6) is 34.5 Å². The minimum absolute atomic E-state index is 0.0115. The highest BCUT2D eigenvalue weighted by atomic mass is 16.5. The number of unbranched alkanes of at least 4 members (excludes halogenated alkanes) is 5. The second kappa shape index (κ2) is 32.6. The molecule has 3 aromatic carbocycles. The summed E-state index contributed by atoms with van der Waals surface area (Å²) < 4.78 is 32.0. The maximum Gasteiger partial charge on any atom is 0.328 e. The lowest BCUT2D eigenvalue weighted by molar-refractivity contribution is -0.131. The number of carboxylic acid groups (broad SMARTS) is 1. The summed E-state index contributed by atoms with van der Waals surface area (Å²) in [5, 5.41) is 14.5. The molecule has 1 heterocycles. The molecule has 0 bridgehead atoms. The van der Waals surface area contributed by atoms with Crippen molar-refractivity contribution in [3.05, 3.63) is 147 Å². The van der Waals surface area contributed by atoms with Gasteiger partial charge in [0.2, 0.25) is 11.8 Å². The molecule has 398 valence electrons. The van der Waals surface area contributed by atoms with Crippen molar-refractivity contribution in [1.82, 2.24) is 15.6 Å². The van der Waals surface area contributed by atoms with Gasteiger partial charge in [-0.05, 0) is 149 Å². The summed E-state index contributed by atoms with van der Waals surface area (Å²) >= 11 is 0. The molecule has 13 nitrogen and oxygen atoms in total. The summed E-state index contributed by atoms with van der Waals surface area (Å²) in [7, 11) is 9.79. The summed E-state index contributed by atoms with van der Waals surface area (Å²) in [4.78, 5) is 37.1. The topological polar surface area (TPSA) is 167 Å². The Hall–Kier alpha value is -7.41. The summed E-state index contributed by atoms with van der Waals surface area (Å²) in [5.74, 6) is 3.84. The third kappa shape index (κ3) is 20.2. The fourth-order valence-corrected chi connectivity index (χ4v) is 8.27. The van der Waals surface area contributed by atoms with Gasteiger partial charge in [-0.1, -0.05) is 89.3 Å². The molecule has 13 heteroatoms. The summed E-state index contributed by atoms with van der Waals surface area (Å²) in [6.45, 7) is 7.83. The molecule has 0 spiro atoms. The number of benzene rings is 3. The first-order valence-corrected chi connectivity index (χ1v) is 25.6. The fraction of sp³-hybridized carbons (Fsp3) is 0.393. The number of ether oxygens (including phenoxy) is 6. The number of methoxy groups -OCH3 is 6. The predicted octanol–water partition coefficient (Wildman–Crippen LogP) is 12.1. The lowest BCUT2D eigenvalue weighted by Crippen LogP contribution is -2.25. The van der Waals surface area contributed by atoms with Crippen molar-refractivity contribution in [3.63, 3.8) is 0 Å². The number of aliphatic carboxylic acids is 1. The van der Waals surface area contributed by atoms with E-state index in [1.807, 2.05) is 79.2 Å². The summed E-state index contributed by atoms with van der Waals surface area (Å²) in [6.07, 6.45) is 32.6. The first kappa shape index (κ1) is 59.2. The number of hydrogen-bond donors (Lipinski definition) is 4. The minimum atomic E-state index is -0.931. The van der Waals surface area contributed by atoms with E-state index in [4.69, 9.17) is 33.5 Å². The lowest BCUT2D eigenvalue weighted by atomic mass is 9.91. The predicted molar refractivity (Wildman–Crippen MR) is 298 cm³/mol. The van der Waals surface area contributed by atoms with Gasteiger partial charge in [-0.15, -0.1) is 0 Å². The zero-order valence-corrected chi connectivity index (χ0v) is 45.1. The van der Waals surface area contributed by atoms with E-state index in [1.165, 1.54) is 48.8 Å². The molecule has 0 aliphatic heterocycles. The monoisotopic (exact) mass is 1010 g/mol. The number of H-pyrrole nitrogens is 1. The Bertz CT molecular complexity index is 2580. The van der Waals surface area contributed by atoms with Crippen molar-refractivity contribution < 1.29 is 47.9 Å². The Labute approximate surface area is 439 Å². The average molecular weight is 1010 g/mol. The molecular weight excluding hydrogens is 935 g/mol. The first-order valence-electron chi connectivity index (χ1n) is 25.6. The maximum absolute atomic E-state index is 12.0. The van der Waals surface area contributed by atoms with Crippen LogP contribution in [0.3, 0.4) is 0 Å². The van der Waals surface area contributed by atoms with Gasteiger partial charge in [0, 0.05) is 43.7 Å². The number of fused-ring (bicyclic) bond motifs is 3. The van der Waals surface area contributed by atoms with Crippen LogP contribution >= 0.6 is 0 Å². The summed E-state index contributed by atoms with van der Waals surface area (Å²) in [6, 6.07) is 15.8. The summed E-state index contributed by atoms with van der Waals surface area (Å²) in [5.41, 5.74) is 10.3. The number of aromatic amines is 1. The van der Waals surface area contributed by atoms with Gasteiger partial charge in [0.25, 0.3) is 0 Å². The molecule has 4 aromatic rings. The van der Waals surface area contributed by atoms with Gasteiger partial charge in [0.15, 0.2) is 34.5 Å². The van der Waals surface area contributed by atoms with E-state index in [-0.39, 0.29) is 11.8 Å². The van der Waals surface area contributed by atoms with Gasteiger partial charge in [-0.2, -0.15) is 0 Å². The smallest absolute Gasteiger partial charge is 0.328 e. The van der Waals surface area contributed by atoms with Crippen LogP contribution in [0.15, 0.2) is 114 Å². The lowest BCUT2D eigenvalue weighted by Gasteiger charge is -2.17. The van der Waals surface area contributed by atoms with Crippen LogP contribution < -0.4 is 39.1 Å². The maximum atomic E-state index is 12.0. The second-order valence-electron chi connectivity index (χ2n) is 18.3. The molecule has 0 fully saturated rings. The molecule has 0 radical (unpaired) electrons. The molecule has 3 aliphatic carbocycles. The number of carboxylic acids is 1. The standard InChI is InChI=1S/C23H33NO3.C19H25NO3.C15H16O4.C4H5N/c1-4-5-6-7-8-9-14-24-23(25)13-11-18-10-12-19-16-21(26-2)22(27-3)17-20(19)15-18;1-13(2)12-20-19(21)8-6-14-5-7-15-10-17(22-3)18(23-4)11-16(15)9-14;1-18-13-8-11-5-3-10(4-6-15(16)17)7-12(11)9-14(13)19-2;1-2-4-5-3-1/h11,13,15-17H,4-10,12,14H2,1-3H3,(H,24,25);6,8-11,13H,5,7,12H2,1-4H3,(H,20,21);4,6-9H,3,5H2,1-2H3,(H,16,17);1-5H. The zero-order valence-electron chi connectivity index (χ0n) is 45.1. The Kier molecular flexibility index (Phi) is 26.1. The van der Waals surface area contributed by atoms with Crippen LogP contribution in [0.25, 0.3) is 18.2 Å². The van der Waals surface area contributed by atoms with Crippen LogP contribution in [-0.2, 0) is 33.6 Å². The highest BCUT2D eigenvalue weighted by Crippen LogP contribution is 2.38. The molecular formula is C61H79N3O10. The van der Waals surface area contributed by atoms with E-state index in [2.05, 4.69) is 48.5 Å². The van der Waals surface area contributed by atoms with Crippen LogP contribution in [-0.4, -0.2) is 83.6 Å². The third-order valence-electron chi connectivity index (χ3n) is 12.4. The van der Waals surface area contributed by atoms with E-state index < -0.39 is 5.97 Å². The number of carbonyl (C=O) groups is 3. The Morgan fingerprint density at radius 3 is 1.24 bits per heavy atom. The third-order valence-corrected chi connectivity index (χ3v) is 12.4. The number of aromatic nitrogens is 1. The van der Waals surface area contributed by atoms with Gasteiger partial charge >= 0.3 is 5.97 Å². The van der Waals surface area contributed by atoms with Crippen molar-refractivity contribution in [2.75, 3.05) is 55.7 Å². The van der Waals surface area contributed by atoms with E-state index in [0.717, 1.165) is 120 Å². The normalized spacial score (nSPS) is 13.2. The largest absolute Gasteiger partial charge is 0.493 e. The molecule has 0 unspecified atom stereocenters. The molecule has 3 aliphatic rings. The van der Waals surface area contributed by atoms with Crippen molar-refractivity contribution in [1.29, 1.82) is 0 Å². The number of amides is 2. The molecule has 4 N–H and O–H groups in total. The van der Waals surface area contributed by atoms with Gasteiger partial charge < -0.3 is 49.1 Å². The molecule has 2 amide bonds. The van der Waals surface area contributed by atoms with E-state index >= 15 is 0 Å².